The SMILES string of the molecule is O=C(O)CN(C(=O)NC1CCCOC1)c1ccccc1. The van der Waals surface area contributed by atoms with Crippen LogP contribution in [0.3, 0.4) is 0 Å². The first kappa shape index (κ1) is 14.3. The molecule has 0 aliphatic carbocycles. The zero-order chi connectivity index (χ0) is 14.4. The van der Waals surface area contributed by atoms with Gasteiger partial charge in [0.25, 0.3) is 0 Å². The van der Waals surface area contributed by atoms with Crippen molar-refractivity contribution < 1.29 is 19.4 Å². The Morgan fingerprint density at radius 3 is 2.70 bits per heavy atom. The van der Waals surface area contributed by atoms with Gasteiger partial charge in [0.1, 0.15) is 6.54 Å². The van der Waals surface area contributed by atoms with Gasteiger partial charge < -0.3 is 15.2 Å². The fourth-order valence-electron chi connectivity index (χ4n) is 2.13. The van der Waals surface area contributed by atoms with Crippen LogP contribution in [0, 0.1) is 0 Å². The summed E-state index contributed by atoms with van der Waals surface area (Å²) in [6.07, 6.45) is 1.75. The summed E-state index contributed by atoms with van der Waals surface area (Å²) >= 11 is 0. The van der Waals surface area contributed by atoms with Gasteiger partial charge in [-0.3, -0.25) is 9.69 Å². The lowest BCUT2D eigenvalue weighted by Crippen LogP contribution is -2.49. The van der Waals surface area contributed by atoms with Crippen molar-refractivity contribution in [2.24, 2.45) is 0 Å². The number of urea groups is 1. The normalized spacial score (nSPS) is 18.3. The van der Waals surface area contributed by atoms with E-state index in [0.717, 1.165) is 12.8 Å². The molecular formula is C14H18N2O4. The predicted octanol–water partition coefficient (Wildman–Crippen LogP) is 1.47. The van der Waals surface area contributed by atoms with Gasteiger partial charge >= 0.3 is 12.0 Å². The van der Waals surface area contributed by atoms with Gasteiger partial charge in [-0.05, 0) is 25.0 Å². The van der Waals surface area contributed by atoms with Gasteiger partial charge in [0.2, 0.25) is 0 Å². The van der Waals surface area contributed by atoms with Gasteiger partial charge in [-0.25, -0.2) is 4.79 Å². The number of carboxylic acids is 1. The molecule has 2 N–H and O–H groups in total. The smallest absolute Gasteiger partial charge is 0.323 e. The molecule has 6 nitrogen and oxygen atoms in total. The molecule has 0 spiro atoms. The lowest BCUT2D eigenvalue weighted by atomic mass is 10.1. The van der Waals surface area contributed by atoms with Crippen molar-refractivity contribution in [1.29, 1.82) is 0 Å². The van der Waals surface area contributed by atoms with Crippen LogP contribution < -0.4 is 10.2 Å². The van der Waals surface area contributed by atoms with Gasteiger partial charge in [-0.1, -0.05) is 18.2 Å². The third kappa shape index (κ3) is 3.96. The van der Waals surface area contributed by atoms with Crippen LogP contribution >= 0.6 is 0 Å². The van der Waals surface area contributed by atoms with Crippen LogP contribution in [0.15, 0.2) is 30.3 Å². The molecule has 1 saturated heterocycles. The predicted molar refractivity (Wildman–Crippen MR) is 73.8 cm³/mol. The van der Waals surface area contributed by atoms with Crippen molar-refractivity contribution >= 4 is 17.7 Å². The number of anilines is 1. The maximum absolute atomic E-state index is 12.2. The Bertz CT molecular complexity index is 458. The van der Waals surface area contributed by atoms with E-state index in [9.17, 15) is 9.59 Å². The minimum Gasteiger partial charge on any atom is -0.480 e. The number of aliphatic carboxylic acids is 1. The molecule has 0 aromatic heterocycles. The van der Waals surface area contributed by atoms with Crippen molar-refractivity contribution in [2.45, 2.75) is 18.9 Å². The third-order valence-corrected chi connectivity index (χ3v) is 3.09. The van der Waals surface area contributed by atoms with Crippen LogP contribution in [0.4, 0.5) is 10.5 Å². The maximum atomic E-state index is 12.2. The molecule has 2 rings (SSSR count). The van der Waals surface area contributed by atoms with E-state index in [1.165, 1.54) is 4.90 Å². The zero-order valence-electron chi connectivity index (χ0n) is 11.1. The third-order valence-electron chi connectivity index (χ3n) is 3.09. The lowest BCUT2D eigenvalue weighted by molar-refractivity contribution is -0.135. The van der Waals surface area contributed by atoms with E-state index < -0.39 is 12.0 Å². The minimum atomic E-state index is -1.05. The van der Waals surface area contributed by atoms with Crippen LogP contribution in [-0.2, 0) is 9.53 Å². The van der Waals surface area contributed by atoms with E-state index in [4.69, 9.17) is 9.84 Å². The summed E-state index contributed by atoms with van der Waals surface area (Å²) in [5.41, 5.74) is 0.559. The largest absolute Gasteiger partial charge is 0.480 e. The van der Waals surface area contributed by atoms with Crippen LogP contribution in [0.2, 0.25) is 0 Å². The summed E-state index contributed by atoms with van der Waals surface area (Å²) in [7, 11) is 0. The Morgan fingerprint density at radius 1 is 1.35 bits per heavy atom. The summed E-state index contributed by atoms with van der Waals surface area (Å²) < 4.78 is 5.30. The number of ether oxygens (including phenoxy) is 1. The van der Waals surface area contributed by atoms with Gasteiger partial charge in [0.05, 0.1) is 12.6 Å². The molecule has 1 atom stereocenters. The van der Waals surface area contributed by atoms with E-state index in [1.54, 1.807) is 24.3 Å². The second kappa shape index (κ2) is 6.91. The number of benzene rings is 1. The number of nitrogens with one attached hydrogen (secondary N) is 1. The number of carbonyl (C=O) groups is 2. The van der Waals surface area contributed by atoms with Crippen LogP contribution in [-0.4, -0.2) is 42.9 Å². The molecule has 0 saturated carbocycles. The Morgan fingerprint density at radius 2 is 2.10 bits per heavy atom. The quantitative estimate of drug-likeness (QED) is 0.874. The highest BCUT2D eigenvalue weighted by atomic mass is 16.5. The van der Waals surface area contributed by atoms with Crippen LogP contribution in [0.1, 0.15) is 12.8 Å². The number of nitrogens with zero attached hydrogens (tertiary/aromatic N) is 1. The van der Waals surface area contributed by atoms with Crippen molar-refractivity contribution in [3.63, 3.8) is 0 Å². The fourth-order valence-corrected chi connectivity index (χ4v) is 2.13. The molecule has 1 aliphatic rings. The Labute approximate surface area is 117 Å². The standard InChI is InChI=1S/C14H18N2O4/c17-13(18)9-16(12-6-2-1-3-7-12)14(19)15-11-5-4-8-20-10-11/h1-3,6-7,11H,4-5,8-10H2,(H,15,19)(H,17,18). The molecular weight excluding hydrogens is 260 g/mol. The molecule has 6 heteroatoms. The number of carbonyl (C=O) groups excluding carboxylic acids is 1. The lowest BCUT2D eigenvalue weighted by Gasteiger charge is -2.27. The summed E-state index contributed by atoms with van der Waals surface area (Å²) in [6.45, 7) is 0.814. The van der Waals surface area contributed by atoms with Gasteiger partial charge in [0, 0.05) is 12.3 Å². The number of carboxylic acid groups (broad SMARTS) is 1. The van der Waals surface area contributed by atoms with E-state index in [-0.39, 0.29) is 12.6 Å². The molecule has 1 aromatic rings. The molecule has 2 amide bonds. The molecule has 1 unspecified atom stereocenters. The van der Waals surface area contributed by atoms with E-state index in [1.807, 2.05) is 6.07 Å². The molecule has 0 radical (unpaired) electrons. The Hall–Kier alpha value is -2.08. The first-order valence-corrected chi connectivity index (χ1v) is 6.59. The molecule has 20 heavy (non-hydrogen) atoms. The number of para-hydroxylation sites is 1. The van der Waals surface area contributed by atoms with Crippen LogP contribution in [0.5, 0.6) is 0 Å². The zero-order valence-corrected chi connectivity index (χ0v) is 11.1. The monoisotopic (exact) mass is 278 g/mol. The van der Waals surface area contributed by atoms with Gasteiger partial charge in [-0.15, -0.1) is 0 Å². The first-order chi connectivity index (χ1) is 9.66. The average molecular weight is 278 g/mol. The van der Waals surface area contributed by atoms with Crippen molar-refractivity contribution in [2.75, 3.05) is 24.7 Å². The average Bonchev–Trinajstić information content (AvgIpc) is 2.46. The molecule has 1 aliphatic heterocycles. The van der Waals surface area contributed by atoms with E-state index in [0.29, 0.717) is 18.9 Å². The Kier molecular flexibility index (Phi) is 4.95. The van der Waals surface area contributed by atoms with E-state index >= 15 is 0 Å². The summed E-state index contributed by atoms with van der Waals surface area (Å²) in [5.74, 6) is -1.05. The van der Waals surface area contributed by atoms with Crippen LogP contribution in [0.25, 0.3) is 0 Å². The number of rotatable bonds is 4. The first-order valence-electron chi connectivity index (χ1n) is 6.59. The highest BCUT2D eigenvalue weighted by Gasteiger charge is 2.22. The minimum absolute atomic E-state index is 0.0590. The summed E-state index contributed by atoms with van der Waals surface area (Å²) in [4.78, 5) is 24.4. The molecule has 0 bridgehead atoms. The number of hydrogen-bond acceptors (Lipinski definition) is 3. The highest BCUT2D eigenvalue weighted by molar-refractivity contribution is 5.96. The van der Waals surface area contributed by atoms with Crippen molar-refractivity contribution in [3.8, 4) is 0 Å². The van der Waals surface area contributed by atoms with Crippen molar-refractivity contribution in [3.05, 3.63) is 30.3 Å². The topological polar surface area (TPSA) is 78.9 Å². The molecule has 1 heterocycles. The second-order valence-corrected chi connectivity index (χ2v) is 4.68. The van der Waals surface area contributed by atoms with Gasteiger partial charge in [-0.2, -0.15) is 0 Å². The van der Waals surface area contributed by atoms with Crippen molar-refractivity contribution in [1.82, 2.24) is 5.32 Å². The number of hydrogen-bond donors (Lipinski definition) is 2. The fraction of sp³-hybridized carbons (Fsp3) is 0.429. The highest BCUT2D eigenvalue weighted by Crippen LogP contribution is 2.14. The number of amides is 2. The summed E-state index contributed by atoms with van der Waals surface area (Å²) in [5, 5.41) is 11.8. The van der Waals surface area contributed by atoms with Gasteiger partial charge in [0.15, 0.2) is 0 Å². The molecule has 1 fully saturated rings. The van der Waals surface area contributed by atoms with E-state index in [2.05, 4.69) is 5.32 Å². The molecule has 108 valence electrons. The summed E-state index contributed by atoms with van der Waals surface area (Å²) in [6, 6.07) is 8.29. The maximum Gasteiger partial charge on any atom is 0.323 e. The Balaban J connectivity index is 2.05. The second-order valence-electron chi connectivity index (χ2n) is 4.68. The molecule has 1 aromatic carbocycles.